The third-order valence-corrected chi connectivity index (χ3v) is 5.04. The molecule has 0 aliphatic carbocycles. The number of nitrogens with zero attached hydrogens (tertiary/aromatic N) is 1. The summed E-state index contributed by atoms with van der Waals surface area (Å²) in [5.74, 6) is 1.41. The minimum Gasteiger partial charge on any atom is -0.497 e. The van der Waals surface area contributed by atoms with Gasteiger partial charge in [0.2, 0.25) is 0 Å². The van der Waals surface area contributed by atoms with Crippen molar-refractivity contribution in [2.45, 2.75) is 12.5 Å². The molecule has 5 heteroatoms. The third-order valence-electron chi connectivity index (χ3n) is 5.04. The van der Waals surface area contributed by atoms with Crippen LogP contribution in [0.3, 0.4) is 0 Å². The summed E-state index contributed by atoms with van der Waals surface area (Å²) in [5.41, 5.74) is 9.60. The number of furan rings is 1. The molecule has 5 rings (SSSR count). The first-order valence-corrected chi connectivity index (χ1v) is 8.81. The van der Waals surface area contributed by atoms with Crippen LogP contribution >= 0.6 is 0 Å². The Balaban J connectivity index is 1.50. The first-order valence-electron chi connectivity index (χ1n) is 8.81. The molecule has 0 bridgehead atoms. The first kappa shape index (κ1) is 15.8. The third kappa shape index (κ3) is 2.51. The van der Waals surface area contributed by atoms with Crippen LogP contribution in [0.5, 0.6) is 5.75 Å². The fourth-order valence-corrected chi connectivity index (χ4v) is 3.62. The summed E-state index contributed by atoms with van der Waals surface area (Å²) in [6.07, 6.45) is 0.448. The van der Waals surface area contributed by atoms with Gasteiger partial charge in [-0.1, -0.05) is 47.6 Å². The van der Waals surface area contributed by atoms with Crippen molar-refractivity contribution >= 4 is 33.1 Å². The lowest BCUT2D eigenvalue weighted by atomic mass is 10.0. The van der Waals surface area contributed by atoms with Crippen LogP contribution in [-0.4, -0.2) is 12.8 Å². The highest BCUT2D eigenvalue weighted by molar-refractivity contribution is 6.17. The lowest BCUT2D eigenvalue weighted by Crippen LogP contribution is -2.03. The smallest absolute Gasteiger partial charge is 0.176 e. The molecule has 1 aromatic heterocycles. The van der Waals surface area contributed by atoms with Crippen molar-refractivity contribution in [3.8, 4) is 5.75 Å². The van der Waals surface area contributed by atoms with E-state index in [1.165, 1.54) is 0 Å². The SMILES string of the molecule is COc1ccc(C2CC(c3oc4ccc5ccccc5c4c3N)=NO2)cc1. The average molecular weight is 358 g/mol. The highest BCUT2D eigenvalue weighted by atomic mass is 16.6. The van der Waals surface area contributed by atoms with E-state index in [2.05, 4.69) is 17.3 Å². The fourth-order valence-electron chi connectivity index (χ4n) is 3.62. The molecule has 3 aromatic carbocycles. The molecule has 2 N–H and O–H groups in total. The zero-order valence-electron chi connectivity index (χ0n) is 14.8. The highest BCUT2D eigenvalue weighted by Gasteiger charge is 2.28. The summed E-state index contributed by atoms with van der Waals surface area (Å²) < 4.78 is 11.3. The molecule has 1 aliphatic heterocycles. The van der Waals surface area contributed by atoms with E-state index >= 15 is 0 Å². The first-order chi connectivity index (χ1) is 13.2. The number of oxime groups is 1. The molecule has 1 atom stereocenters. The monoisotopic (exact) mass is 358 g/mol. The molecule has 0 saturated carbocycles. The van der Waals surface area contributed by atoms with Gasteiger partial charge in [-0.25, -0.2) is 0 Å². The highest BCUT2D eigenvalue weighted by Crippen LogP contribution is 2.38. The summed E-state index contributed by atoms with van der Waals surface area (Å²) >= 11 is 0. The van der Waals surface area contributed by atoms with E-state index in [1.54, 1.807) is 7.11 Å². The van der Waals surface area contributed by atoms with Crippen molar-refractivity contribution in [2.75, 3.05) is 12.8 Å². The number of hydrogen-bond donors (Lipinski definition) is 1. The molecule has 27 heavy (non-hydrogen) atoms. The Morgan fingerprint density at radius 1 is 1.04 bits per heavy atom. The molecular formula is C22H18N2O3. The van der Waals surface area contributed by atoms with Crippen LogP contribution in [0.1, 0.15) is 23.8 Å². The van der Waals surface area contributed by atoms with Gasteiger partial charge in [-0.05, 0) is 34.5 Å². The summed E-state index contributed by atoms with van der Waals surface area (Å²) in [7, 11) is 1.65. The van der Waals surface area contributed by atoms with Crippen LogP contribution in [0.25, 0.3) is 21.7 Å². The molecule has 1 aliphatic rings. The largest absolute Gasteiger partial charge is 0.497 e. The lowest BCUT2D eigenvalue weighted by Gasteiger charge is -2.08. The van der Waals surface area contributed by atoms with Gasteiger partial charge in [-0.2, -0.15) is 0 Å². The van der Waals surface area contributed by atoms with E-state index in [1.807, 2.05) is 48.5 Å². The Hall–Kier alpha value is -3.47. The standard InChI is InChI=1S/C22H18N2O3/c1-25-15-9-6-14(7-10-15)19-12-17(24-27-19)22-21(23)20-16-5-3-2-4-13(16)8-11-18(20)26-22/h2-11,19H,12,23H2,1H3. The number of nitrogens with two attached hydrogens (primary N) is 1. The molecular weight excluding hydrogens is 340 g/mol. The predicted octanol–water partition coefficient (Wildman–Crippen LogP) is 5.04. The van der Waals surface area contributed by atoms with Crippen LogP contribution in [0.15, 0.2) is 70.2 Å². The van der Waals surface area contributed by atoms with Gasteiger partial charge in [0.25, 0.3) is 0 Å². The number of rotatable bonds is 3. The van der Waals surface area contributed by atoms with E-state index in [0.29, 0.717) is 17.9 Å². The Morgan fingerprint density at radius 2 is 1.85 bits per heavy atom. The van der Waals surface area contributed by atoms with Gasteiger partial charge >= 0.3 is 0 Å². The molecule has 2 heterocycles. The molecule has 1 unspecified atom stereocenters. The predicted molar refractivity (Wildman–Crippen MR) is 106 cm³/mol. The van der Waals surface area contributed by atoms with E-state index in [0.717, 1.165) is 38.8 Å². The minimum absolute atomic E-state index is 0.157. The number of methoxy groups -OCH3 is 1. The Labute approximate surface area is 156 Å². The van der Waals surface area contributed by atoms with Gasteiger partial charge in [-0.15, -0.1) is 0 Å². The van der Waals surface area contributed by atoms with Gasteiger partial charge in [0.05, 0.1) is 18.2 Å². The maximum atomic E-state index is 6.46. The molecule has 0 amide bonds. The van der Waals surface area contributed by atoms with Crippen molar-refractivity contribution in [2.24, 2.45) is 5.16 Å². The number of nitrogen functional groups attached to an aromatic ring is 1. The molecule has 134 valence electrons. The average Bonchev–Trinajstić information content (AvgIpc) is 3.33. The number of benzene rings is 3. The van der Waals surface area contributed by atoms with Crippen LogP contribution in [-0.2, 0) is 4.84 Å². The van der Waals surface area contributed by atoms with Gasteiger partial charge in [0.1, 0.15) is 17.0 Å². The Morgan fingerprint density at radius 3 is 2.67 bits per heavy atom. The van der Waals surface area contributed by atoms with Gasteiger partial charge in [-0.3, -0.25) is 0 Å². The van der Waals surface area contributed by atoms with Crippen LogP contribution in [0, 0.1) is 0 Å². The fraction of sp³-hybridized carbons (Fsp3) is 0.136. The van der Waals surface area contributed by atoms with Crippen LogP contribution < -0.4 is 10.5 Å². The van der Waals surface area contributed by atoms with Crippen molar-refractivity contribution in [1.29, 1.82) is 0 Å². The second-order valence-corrected chi connectivity index (χ2v) is 6.61. The van der Waals surface area contributed by atoms with Crippen molar-refractivity contribution in [1.82, 2.24) is 0 Å². The van der Waals surface area contributed by atoms with Crippen molar-refractivity contribution in [3.05, 3.63) is 72.0 Å². The van der Waals surface area contributed by atoms with Crippen molar-refractivity contribution < 1.29 is 14.0 Å². The van der Waals surface area contributed by atoms with Gasteiger partial charge in [0.15, 0.2) is 11.9 Å². The molecule has 5 nitrogen and oxygen atoms in total. The van der Waals surface area contributed by atoms with Crippen LogP contribution in [0.4, 0.5) is 5.69 Å². The lowest BCUT2D eigenvalue weighted by molar-refractivity contribution is 0.0857. The van der Waals surface area contributed by atoms with E-state index in [9.17, 15) is 0 Å². The zero-order valence-corrected chi connectivity index (χ0v) is 14.8. The van der Waals surface area contributed by atoms with E-state index < -0.39 is 0 Å². The Bertz CT molecular complexity index is 1180. The van der Waals surface area contributed by atoms with Gasteiger partial charge < -0.3 is 19.7 Å². The maximum Gasteiger partial charge on any atom is 0.176 e. The number of anilines is 1. The Kier molecular flexibility index (Phi) is 3.53. The van der Waals surface area contributed by atoms with Crippen LogP contribution in [0.2, 0.25) is 0 Å². The molecule has 0 radical (unpaired) electrons. The number of ether oxygens (including phenoxy) is 1. The normalized spacial score (nSPS) is 16.5. The second kappa shape index (κ2) is 6.06. The van der Waals surface area contributed by atoms with Crippen molar-refractivity contribution in [3.63, 3.8) is 0 Å². The maximum absolute atomic E-state index is 6.46. The van der Waals surface area contributed by atoms with E-state index in [-0.39, 0.29) is 6.10 Å². The minimum atomic E-state index is -0.157. The van der Waals surface area contributed by atoms with E-state index in [4.69, 9.17) is 19.7 Å². The number of hydrogen-bond acceptors (Lipinski definition) is 5. The quantitative estimate of drug-likeness (QED) is 0.557. The summed E-state index contributed by atoms with van der Waals surface area (Å²) in [4.78, 5) is 5.65. The van der Waals surface area contributed by atoms with Gasteiger partial charge in [0, 0.05) is 6.42 Å². The molecule has 0 saturated heterocycles. The molecule has 0 fully saturated rings. The topological polar surface area (TPSA) is 70.0 Å². The summed E-state index contributed by atoms with van der Waals surface area (Å²) in [6.45, 7) is 0. The molecule has 4 aromatic rings. The molecule has 0 spiro atoms. The summed E-state index contributed by atoms with van der Waals surface area (Å²) in [6, 6.07) is 19.9. The number of fused-ring (bicyclic) bond motifs is 3. The summed E-state index contributed by atoms with van der Waals surface area (Å²) in [5, 5.41) is 7.39. The second-order valence-electron chi connectivity index (χ2n) is 6.61. The zero-order chi connectivity index (χ0) is 18.4.